The maximum atomic E-state index is 11.7. The first-order chi connectivity index (χ1) is 8.34. The molecule has 0 aromatic heterocycles. The lowest BCUT2D eigenvalue weighted by Crippen LogP contribution is -2.04. The minimum atomic E-state index is -3.24. The highest BCUT2D eigenvalue weighted by Crippen LogP contribution is 2.12. The number of carbonyl (C=O) groups is 2. The molecular weight excluding hydrogens is 252 g/mol. The van der Waals surface area contributed by atoms with Crippen LogP contribution in [0.25, 0.3) is 0 Å². The molecule has 0 saturated heterocycles. The Labute approximate surface area is 107 Å². The molecular formula is C13H16O4S. The average molecular weight is 268 g/mol. The van der Waals surface area contributed by atoms with E-state index in [1.807, 2.05) is 0 Å². The van der Waals surface area contributed by atoms with Crippen LogP contribution in [0.4, 0.5) is 0 Å². The lowest BCUT2D eigenvalue weighted by atomic mass is 10.0. The molecule has 0 unspecified atom stereocenters. The molecule has 1 aromatic rings. The van der Waals surface area contributed by atoms with Crippen molar-refractivity contribution in [2.75, 3.05) is 6.26 Å². The van der Waals surface area contributed by atoms with E-state index in [9.17, 15) is 18.0 Å². The number of carbonyl (C=O) groups excluding carboxylic acids is 2. The molecule has 1 aromatic carbocycles. The lowest BCUT2D eigenvalue weighted by Gasteiger charge is -2.02. The number of Topliss-reactive ketones (excluding diaryl/α,β-unsaturated/α-hetero) is 2. The summed E-state index contributed by atoms with van der Waals surface area (Å²) < 4.78 is 22.5. The summed E-state index contributed by atoms with van der Waals surface area (Å²) in [5.74, 6) is -0.0899. The molecule has 5 heteroatoms. The molecule has 0 spiro atoms. The fourth-order valence-corrected chi connectivity index (χ4v) is 2.09. The van der Waals surface area contributed by atoms with Gasteiger partial charge < -0.3 is 0 Å². The zero-order valence-electron chi connectivity index (χ0n) is 10.5. The van der Waals surface area contributed by atoms with Gasteiger partial charge in [0.05, 0.1) is 4.90 Å². The van der Waals surface area contributed by atoms with Crippen molar-refractivity contribution in [1.82, 2.24) is 0 Å². The molecule has 4 nitrogen and oxygen atoms in total. The van der Waals surface area contributed by atoms with Crippen molar-refractivity contribution >= 4 is 21.4 Å². The van der Waals surface area contributed by atoms with E-state index in [4.69, 9.17) is 0 Å². The molecule has 18 heavy (non-hydrogen) atoms. The van der Waals surface area contributed by atoms with Crippen molar-refractivity contribution in [3.63, 3.8) is 0 Å². The largest absolute Gasteiger partial charge is 0.300 e. The summed E-state index contributed by atoms with van der Waals surface area (Å²) in [4.78, 5) is 23.0. The zero-order valence-corrected chi connectivity index (χ0v) is 11.3. The van der Waals surface area contributed by atoms with Crippen LogP contribution in [0.3, 0.4) is 0 Å². The van der Waals surface area contributed by atoms with Crippen LogP contribution in [-0.4, -0.2) is 26.2 Å². The van der Waals surface area contributed by atoms with Crippen LogP contribution >= 0.6 is 0 Å². The minimum absolute atomic E-state index is 0.0520. The Balaban J connectivity index is 2.74. The van der Waals surface area contributed by atoms with Gasteiger partial charge in [-0.2, -0.15) is 0 Å². The number of hydrogen-bond acceptors (Lipinski definition) is 4. The second kappa shape index (κ2) is 5.91. The van der Waals surface area contributed by atoms with Gasteiger partial charge in [0, 0.05) is 31.1 Å². The van der Waals surface area contributed by atoms with E-state index in [2.05, 4.69) is 0 Å². The maximum absolute atomic E-state index is 11.7. The van der Waals surface area contributed by atoms with Gasteiger partial charge in [-0.25, -0.2) is 8.42 Å². The van der Waals surface area contributed by atoms with Crippen LogP contribution in [0.1, 0.15) is 36.5 Å². The molecule has 0 aliphatic heterocycles. The van der Waals surface area contributed by atoms with Crippen molar-refractivity contribution in [2.24, 2.45) is 0 Å². The van der Waals surface area contributed by atoms with E-state index in [0.717, 1.165) is 6.26 Å². The number of sulfone groups is 1. The summed E-state index contributed by atoms with van der Waals surface area (Å²) in [5, 5.41) is 0. The Bertz CT molecular complexity index is 541. The highest BCUT2D eigenvalue weighted by molar-refractivity contribution is 7.90. The van der Waals surface area contributed by atoms with Crippen molar-refractivity contribution in [2.45, 2.75) is 31.1 Å². The Morgan fingerprint density at radius 2 is 1.61 bits per heavy atom. The first kappa shape index (κ1) is 14.6. The molecule has 0 heterocycles. The van der Waals surface area contributed by atoms with Crippen LogP contribution in [0.5, 0.6) is 0 Å². The van der Waals surface area contributed by atoms with Gasteiger partial charge in [-0.15, -0.1) is 0 Å². The molecule has 0 bridgehead atoms. The second-order valence-corrected chi connectivity index (χ2v) is 6.13. The number of benzene rings is 1. The van der Waals surface area contributed by atoms with Crippen LogP contribution in [0.2, 0.25) is 0 Å². The van der Waals surface area contributed by atoms with E-state index < -0.39 is 9.84 Å². The molecule has 0 aliphatic carbocycles. The number of ketones is 2. The van der Waals surface area contributed by atoms with E-state index in [1.165, 1.54) is 24.3 Å². The van der Waals surface area contributed by atoms with Gasteiger partial charge in [0.2, 0.25) is 0 Å². The zero-order chi connectivity index (χ0) is 13.8. The van der Waals surface area contributed by atoms with E-state index in [0.29, 0.717) is 12.0 Å². The Morgan fingerprint density at radius 3 is 2.06 bits per heavy atom. The summed E-state index contributed by atoms with van der Waals surface area (Å²) in [6.45, 7) is 1.76. The predicted octanol–water partition coefficient (Wildman–Crippen LogP) is 2.03. The minimum Gasteiger partial charge on any atom is -0.300 e. The summed E-state index contributed by atoms with van der Waals surface area (Å²) >= 11 is 0. The highest BCUT2D eigenvalue weighted by Gasteiger charge is 2.11. The van der Waals surface area contributed by atoms with Gasteiger partial charge in [-0.3, -0.25) is 9.59 Å². The molecule has 0 fully saturated rings. The Kier molecular flexibility index (Phi) is 4.78. The fourth-order valence-electron chi connectivity index (χ4n) is 1.46. The van der Waals surface area contributed by atoms with Crippen molar-refractivity contribution in [3.8, 4) is 0 Å². The summed E-state index contributed by atoms with van der Waals surface area (Å²) in [5.41, 5.74) is 0.436. The van der Waals surface area contributed by atoms with Crippen molar-refractivity contribution in [3.05, 3.63) is 29.8 Å². The lowest BCUT2D eigenvalue weighted by molar-refractivity contribution is -0.118. The fraction of sp³-hybridized carbons (Fsp3) is 0.385. The Hall–Kier alpha value is -1.49. The predicted molar refractivity (Wildman–Crippen MR) is 68.4 cm³/mol. The Morgan fingerprint density at radius 1 is 1.06 bits per heavy atom. The van der Waals surface area contributed by atoms with Gasteiger partial charge in [0.25, 0.3) is 0 Å². The molecule has 1 rings (SSSR count). The first-order valence-corrected chi connectivity index (χ1v) is 7.58. The van der Waals surface area contributed by atoms with Crippen molar-refractivity contribution < 1.29 is 18.0 Å². The van der Waals surface area contributed by atoms with E-state index in [1.54, 1.807) is 6.92 Å². The third-order valence-corrected chi connectivity index (χ3v) is 3.76. The number of rotatable bonds is 6. The van der Waals surface area contributed by atoms with Crippen LogP contribution in [0.15, 0.2) is 29.2 Å². The van der Waals surface area contributed by atoms with E-state index >= 15 is 0 Å². The highest BCUT2D eigenvalue weighted by atomic mass is 32.2. The molecule has 0 aliphatic rings. The summed E-state index contributed by atoms with van der Waals surface area (Å²) in [6.07, 6.45) is 1.96. The normalized spacial score (nSPS) is 11.2. The average Bonchev–Trinajstić information content (AvgIpc) is 2.34. The smallest absolute Gasteiger partial charge is 0.175 e. The van der Waals surface area contributed by atoms with Gasteiger partial charge in [0.15, 0.2) is 15.6 Å². The maximum Gasteiger partial charge on any atom is 0.175 e. The number of hydrogen-bond donors (Lipinski definition) is 0. The third-order valence-electron chi connectivity index (χ3n) is 2.63. The van der Waals surface area contributed by atoms with Crippen molar-refractivity contribution in [1.29, 1.82) is 0 Å². The molecule has 0 N–H and O–H groups in total. The van der Waals surface area contributed by atoms with E-state index in [-0.39, 0.29) is 29.3 Å². The third kappa shape index (κ3) is 4.07. The van der Waals surface area contributed by atoms with Gasteiger partial charge >= 0.3 is 0 Å². The molecule has 0 atom stereocenters. The summed E-state index contributed by atoms with van der Waals surface area (Å²) in [7, 11) is -3.24. The van der Waals surface area contributed by atoms with Gasteiger partial charge in [-0.1, -0.05) is 19.1 Å². The SMILES string of the molecule is CCC(=O)CCC(=O)c1ccc(S(C)(=O)=O)cc1. The topological polar surface area (TPSA) is 68.3 Å². The van der Waals surface area contributed by atoms with Gasteiger partial charge in [-0.05, 0) is 12.1 Å². The molecule has 98 valence electrons. The standard InChI is InChI=1S/C13H16O4S/c1-3-11(14)6-9-13(15)10-4-7-12(8-5-10)18(2,16)17/h4-5,7-8H,3,6,9H2,1-2H3. The molecule has 0 amide bonds. The molecule has 0 radical (unpaired) electrons. The quantitative estimate of drug-likeness (QED) is 0.740. The van der Waals surface area contributed by atoms with Gasteiger partial charge in [0.1, 0.15) is 5.78 Å². The first-order valence-electron chi connectivity index (χ1n) is 5.69. The monoisotopic (exact) mass is 268 g/mol. The van der Waals surface area contributed by atoms with Crippen LogP contribution in [-0.2, 0) is 14.6 Å². The van der Waals surface area contributed by atoms with Crippen LogP contribution in [0, 0.1) is 0 Å². The summed E-state index contributed by atoms with van der Waals surface area (Å²) in [6, 6.07) is 5.78. The van der Waals surface area contributed by atoms with Crippen LogP contribution < -0.4 is 0 Å². The molecule has 0 saturated carbocycles. The second-order valence-electron chi connectivity index (χ2n) is 4.11.